The average molecular weight is 742 g/mol. The summed E-state index contributed by atoms with van der Waals surface area (Å²) in [6.45, 7) is 2.64. The molecular weight excluding hydrogens is 715 g/mol. The van der Waals surface area contributed by atoms with Crippen molar-refractivity contribution in [3.63, 3.8) is 0 Å². The Bertz CT molecular complexity index is 1310. The fourth-order valence-corrected chi connectivity index (χ4v) is 6.22. The molecule has 0 aromatic heterocycles. The first-order valence-corrected chi connectivity index (χ1v) is 15.6. The number of hydrogen-bond donors (Lipinski definition) is 0. The lowest BCUT2D eigenvalue weighted by Gasteiger charge is -2.36. The molecule has 1 unspecified atom stereocenters. The van der Waals surface area contributed by atoms with Crippen LogP contribution in [0.3, 0.4) is 0 Å². The predicted octanol–water partition coefficient (Wildman–Crippen LogP) is 9.92. The minimum absolute atomic E-state index is 0.0146. The standard InChI is InChI=1S/C32H27Br2Cl3O4/c1-2-39-19-27(20-40-31-28(33)4-3-5-29(31)34)41-30(38)18-32(21-6-12-24(35)13-7-21,22-8-14-25(36)15-9-22)23-10-16-26(37)17-11-23/h3-17,27H,2,18-20H2,1H3. The topological polar surface area (TPSA) is 44.8 Å². The van der Waals surface area contributed by atoms with E-state index in [-0.39, 0.29) is 19.6 Å². The molecule has 0 N–H and O–H groups in total. The highest BCUT2D eigenvalue weighted by Crippen LogP contribution is 2.44. The van der Waals surface area contributed by atoms with Gasteiger partial charge in [0.15, 0.2) is 6.10 Å². The van der Waals surface area contributed by atoms with Gasteiger partial charge in [0.25, 0.3) is 0 Å². The van der Waals surface area contributed by atoms with Crippen molar-refractivity contribution in [2.45, 2.75) is 24.9 Å². The second-order valence-electron chi connectivity index (χ2n) is 9.24. The molecule has 0 saturated heterocycles. The van der Waals surface area contributed by atoms with Gasteiger partial charge in [0.2, 0.25) is 0 Å². The summed E-state index contributed by atoms with van der Waals surface area (Å²) < 4.78 is 19.3. The fraction of sp³-hybridized carbons (Fsp3) is 0.219. The van der Waals surface area contributed by atoms with E-state index >= 15 is 0 Å². The van der Waals surface area contributed by atoms with Gasteiger partial charge >= 0.3 is 5.97 Å². The van der Waals surface area contributed by atoms with E-state index in [1.165, 1.54) is 0 Å². The Morgan fingerprint density at radius 2 is 1.17 bits per heavy atom. The first kappa shape index (κ1) is 31.9. The van der Waals surface area contributed by atoms with Crippen LogP contribution in [-0.4, -0.2) is 31.9 Å². The smallest absolute Gasteiger partial charge is 0.307 e. The molecule has 0 fully saturated rings. The molecule has 4 aromatic carbocycles. The molecule has 0 saturated carbocycles. The Kier molecular flexibility index (Phi) is 11.6. The summed E-state index contributed by atoms with van der Waals surface area (Å²) in [6, 6.07) is 28.0. The molecule has 4 nitrogen and oxygen atoms in total. The van der Waals surface area contributed by atoms with Gasteiger partial charge in [0.05, 0.1) is 27.4 Å². The molecule has 0 aliphatic carbocycles. The van der Waals surface area contributed by atoms with Gasteiger partial charge in [-0.1, -0.05) is 77.3 Å². The van der Waals surface area contributed by atoms with Crippen LogP contribution >= 0.6 is 66.7 Å². The molecule has 0 heterocycles. The second kappa shape index (κ2) is 14.9. The molecule has 0 amide bonds. The number of para-hydroxylation sites is 1. The minimum atomic E-state index is -0.931. The van der Waals surface area contributed by atoms with E-state index in [0.29, 0.717) is 27.4 Å². The summed E-state index contributed by atoms with van der Waals surface area (Å²) in [7, 11) is 0. The number of esters is 1. The van der Waals surface area contributed by atoms with Crippen LogP contribution in [0.2, 0.25) is 15.1 Å². The minimum Gasteiger partial charge on any atom is -0.487 e. The number of hydrogen-bond acceptors (Lipinski definition) is 4. The molecular formula is C32H27Br2Cl3O4. The highest BCUT2D eigenvalue weighted by molar-refractivity contribution is 9.11. The third-order valence-electron chi connectivity index (χ3n) is 6.56. The first-order chi connectivity index (χ1) is 19.7. The Morgan fingerprint density at radius 3 is 1.59 bits per heavy atom. The number of halogens is 5. The highest BCUT2D eigenvalue weighted by atomic mass is 79.9. The molecule has 1 atom stereocenters. The fourth-order valence-electron chi connectivity index (χ4n) is 4.62. The molecule has 0 aliphatic heterocycles. The van der Waals surface area contributed by atoms with Crippen LogP contribution in [0.1, 0.15) is 30.0 Å². The second-order valence-corrected chi connectivity index (χ2v) is 12.3. The lowest BCUT2D eigenvalue weighted by molar-refractivity contribution is -0.155. The monoisotopic (exact) mass is 738 g/mol. The predicted molar refractivity (Wildman–Crippen MR) is 173 cm³/mol. The van der Waals surface area contributed by atoms with Crippen molar-refractivity contribution >= 4 is 72.6 Å². The summed E-state index contributed by atoms with van der Waals surface area (Å²) in [6.07, 6.45) is -0.668. The van der Waals surface area contributed by atoms with Crippen molar-refractivity contribution in [2.24, 2.45) is 0 Å². The molecule has 0 radical (unpaired) electrons. The Labute approximate surface area is 272 Å². The summed E-state index contributed by atoms with van der Waals surface area (Å²) in [5.74, 6) is 0.187. The van der Waals surface area contributed by atoms with Crippen LogP contribution in [0.5, 0.6) is 5.75 Å². The van der Waals surface area contributed by atoms with Crippen molar-refractivity contribution in [2.75, 3.05) is 19.8 Å². The van der Waals surface area contributed by atoms with Gasteiger partial charge in [-0.3, -0.25) is 4.79 Å². The number of carbonyl (C=O) groups is 1. The van der Waals surface area contributed by atoms with Crippen LogP contribution in [0.15, 0.2) is 99.9 Å². The van der Waals surface area contributed by atoms with E-state index in [1.54, 1.807) is 0 Å². The molecule has 0 aliphatic rings. The Balaban J connectivity index is 1.71. The maximum Gasteiger partial charge on any atom is 0.307 e. The van der Waals surface area contributed by atoms with Gasteiger partial charge in [0, 0.05) is 21.7 Å². The largest absolute Gasteiger partial charge is 0.487 e. The first-order valence-electron chi connectivity index (χ1n) is 12.8. The van der Waals surface area contributed by atoms with Gasteiger partial charge in [-0.25, -0.2) is 0 Å². The zero-order valence-corrected chi connectivity index (χ0v) is 27.5. The van der Waals surface area contributed by atoms with Crippen molar-refractivity contribution in [3.8, 4) is 5.75 Å². The Morgan fingerprint density at radius 1 is 0.732 bits per heavy atom. The molecule has 41 heavy (non-hydrogen) atoms. The van der Waals surface area contributed by atoms with Gasteiger partial charge < -0.3 is 14.2 Å². The van der Waals surface area contributed by atoms with Crippen LogP contribution in [0.25, 0.3) is 0 Å². The summed E-state index contributed by atoms with van der Waals surface area (Å²) in [5, 5.41) is 1.76. The quantitative estimate of drug-likeness (QED) is 0.107. The van der Waals surface area contributed by atoms with E-state index in [9.17, 15) is 4.79 Å². The van der Waals surface area contributed by atoms with E-state index in [1.807, 2.05) is 97.9 Å². The van der Waals surface area contributed by atoms with Crippen LogP contribution < -0.4 is 4.74 Å². The molecule has 0 bridgehead atoms. The van der Waals surface area contributed by atoms with Gasteiger partial charge in [0.1, 0.15) is 12.4 Å². The zero-order chi connectivity index (χ0) is 29.4. The highest BCUT2D eigenvalue weighted by Gasteiger charge is 2.40. The third kappa shape index (κ3) is 8.07. The Hall–Kier alpha value is -2.06. The molecule has 9 heteroatoms. The number of rotatable bonds is 12. The summed E-state index contributed by atoms with van der Waals surface area (Å²) >= 11 is 25.8. The molecule has 4 aromatic rings. The van der Waals surface area contributed by atoms with Crippen LogP contribution in [0.4, 0.5) is 0 Å². The lowest BCUT2D eigenvalue weighted by Crippen LogP contribution is -2.36. The average Bonchev–Trinajstić information content (AvgIpc) is 2.95. The SMILES string of the molecule is CCOCC(COc1c(Br)cccc1Br)OC(=O)CC(c1ccc(Cl)cc1)(c1ccc(Cl)cc1)c1ccc(Cl)cc1. The molecule has 4 rings (SSSR count). The van der Waals surface area contributed by atoms with E-state index in [4.69, 9.17) is 49.0 Å². The number of benzene rings is 4. The van der Waals surface area contributed by atoms with Crippen molar-refractivity contribution < 1.29 is 19.0 Å². The van der Waals surface area contributed by atoms with Gasteiger partial charge in [-0.15, -0.1) is 0 Å². The van der Waals surface area contributed by atoms with Crippen molar-refractivity contribution in [1.29, 1.82) is 0 Å². The van der Waals surface area contributed by atoms with E-state index in [2.05, 4.69) is 31.9 Å². The van der Waals surface area contributed by atoms with Gasteiger partial charge in [-0.05, 0) is 104 Å². The number of ether oxygens (including phenoxy) is 3. The van der Waals surface area contributed by atoms with Gasteiger partial charge in [-0.2, -0.15) is 0 Å². The summed E-state index contributed by atoms with van der Waals surface area (Å²) in [4.78, 5) is 13.9. The maximum atomic E-state index is 13.9. The number of carbonyl (C=O) groups excluding carboxylic acids is 1. The maximum absolute atomic E-state index is 13.9. The lowest BCUT2D eigenvalue weighted by atomic mass is 9.67. The van der Waals surface area contributed by atoms with Crippen LogP contribution in [-0.2, 0) is 19.7 Å². The zero-order valence-electron chi connectivity index (χ0n) is 22.1. The summed E-state index contributed by atoms with van der Waals surface area (Å²) in [5.41, 5.74) is 1.65. The van der Waals surface area contributed by atoms with Crippen molar-refractivity contribution in [1.82, 2.24) is 0 Å². The van der Waals surface area contributed by atoms with E-state index in [0.717, 1.165) is 25.6 Å². The van der Waals surface area contributed by atoms with E-state index < -0.39 is 17.5 Å². The van der Waals surface area contributed by atoms with Crippen molar-refractivity contribution in [3.05, 3.63) is 132 Å². The normalized spacial score (nSPS) is 12.1. The molecule has 214 valence electrons. The molecule has 0 spiro atoms. The van der Waals surface area contributed by atoms with Crippen LogP contribution in [0, 0.1) is 0 Å². The third-order valence-corrected chi connectivity index (χ3v) is 8.56.